The number of carbonyl (C=O) groups is 1. The quantitative estimate of drug-likeness (QED) is 0.124. The second-order valence-electron chi connectivity index (χ2n) is 9.67. The molecule has 0 saturated heterocycles. The van der Waals surface area contributed by atoms with Gasteiger partial charge in [-0.3, -0.25) is 9.10 Å². The van der Waals surface area contributed by atoms with Crippen molar-refractivity contribution in [3.63, 3.8) is 0 Å². The molecule has 13 heteroatoms. The third-order valence-corrected chi connectivity index (χ3v) is 8.59. The van der Waals surface area contributed by atoms with Gasteiger partial charge in [-0.05, 0) is 73.2 Å². The van der Waals surface area contributed by atoms with Crippen LogP contribution in [0.2, 0.25) is 5.02 Å². The molecule has 0 heterocycles. The fourth-order valence-electron chi connectivity index (χ4n) is 4.25. The molecule has 0 saturated carbocycles. The number of nitrogens with zero attached hydrogens (tertiary/aromatic N) is 2. The van der Waals surface area contributed by atoms with Gasteiger partial charge < -0.3 is 9.64 Å². The minimum absolute atomic E-state index is 0.0832. The number of anilines is 1. The largest absolute Gasteiger partial charge is 0.493 e. The predicted molar refractivity (Wildman–Crippen MR) is 156 cm³/mol. The summed E-state index contributed by atoms with van der Waals surface area (Å²) in [5, 5.41) is 0.290. The molecule has 0 fully saturated rings. The zero-order valence-electron chi connectivity index (χ0n) is 23.2. The molecular formula is C31H26ClF5N2O4S. The van der Waals surface area contributed by atoms with Gasteiger partial charge in [0.15, 0.2) is 0 Å². The van der Waals surface area contributed by atoms with Crippen LogP contribution in [-0.4, -0.2) is 39.4 Å². The van der Waals surface area contributed by atoms with Crippen molar-refractivity contribution in [2.24, 2.45) is 0 Å². The molecule has 4 rings (SSSR count). The fraction of sp³-hybridized carbons (Fsp3) is 0.194. The second kappa shape index (κ2) is 13.6. The topological polar surface area (TPSA) is 66.9 Å². The molecule has 0 aliphatic heterocycles. The molecule has 4 aromatic rings. The van der Waals surface area contributed by atoms with Crippen molar-refractivity contribution in [1.29, 1.82) is 0 Å². The van der Waals surface area contributed by atoms with Crippen LogP contribution in [0, 0.1) is 11.6 Å². The van der Waals surface area contributed by atoms with Crippen LogP contribution in [0.15, 0.2) is 95.9 Å². The number of ether oxygens (including phenoxy) is 1. The SMILES string of the molecule is CN(CCCOc1ccccc1CN(c1cc(F)ccc1F)S(=O)(=O)c1ccc(Cl)cc1)C(=O)c1ccc(C(F)(F)F)cc1. The highest BCUT2D eigenvalue weighted by molar-refractivity contribution is 7.92. The van der Waals surface area contributed by atoms with Gasteiger partial charge >= 0.3 is 6.18 Å². The average Bonchev–Trinajstić information content (AvgIpc) is 2.99. The van der Waals surface area contributed by atoms with Crippen LogP contribution in [0.1, 0.15) is 27.9 Å². The number of rotatable bonds is 11. The summed E-state index contributed by atoms with van der Waals surface area (Å²) in [6.07, 6.45) is -4.19. The Morgan fingerprint density at radius 3 is 2.23 bits per heavy atom. The van der Waals surface area contributed by atoms with E-state index in [0.29, 0.717) is 12.0 Å². The summed E-state index contributed by atoms with van der Waals surface area (Å²) in [4.78, 5) is 13.8. The van der Waals surface area contributed by atoms with Gasteiger partial charge in [0.25, 0.3) is 15.9 Å². The highest BCUT2D eigenvalue weighted by Crippen LogP contribution is 2.32. The van der Waals surface area contributed by atoms with Crippen molar-refractivity contribution in [2.45, 2.75) is 24.0 Å². The summed E-state index contributed by atoms with van der Waals surface area (Å²) in [6.45, 7) is -0.124. The van der Waals surface area contributed by atoms with E-state index in [-0.39, 0.29) is 34.4 Å². The molecule has 0 aliphatic rings. The zero-order chi connectivity index (χ0) is 32.1. The Kier molecular flexibility index (Phi) is 10.2. The molecule has 44 heavy (non-hydrogen) atoms. The lowest BCUT2D eigenvalue weighted by atomic mass is 10.1. The number of hydrogen-bond donors (Lipinski definition) is 0. The van der Waals surface area contributed by atoms with Crippen molar-refractivity contribution >= 4 is 33.2 Å². The number of benzene rings is 4. The molecule has 0 atom stereocenters. The van der Waals surface area contributed by atoms with Crippen molar-refractivity contribution in [1.82, 2.24) is 4.90 Å². The van der Waals surface area contributed by atoms with E-state index in [4.69, 9.17) is 16.3 Å². The van der Waals surface area contributed by atoms with Crippen molar-refractivity contribution in [3.8, 4) is 5.75 Å². The third kappa shape index (κ3) is 7.86. The summed E-state index contributed by atoms with van der Waals surface area (Å²) >= 11 is 5.91. The normalized spacial score (nSPS) is 11.7. The summed E-state index contributed by atoms with van der Waals surface area (Å²) in [6, 6.07) is 18.1. The maximum atomic E-state index is 14.9. The number of amides is 1. The van der Waals surface area contributed by atoms with Crippen LogP contribution in [0.5, 0.6) is 5.75 Å². The highest BCUT2D eigenvalue weighted by Gasteiger charge is 2.31. The second-order valence-corrected chi connectivity index (χ2v) is 12.0. The number of halogens is 6. The fourth-order valence-corrected chi connectivity index (χ4v) is 5.82. The Balaban J connectivity index is 1.48. The first kappa shape index (κ1) is 32.7. The molecule has 6 nitrogen and oxygen atoms in total. The average molecular weight is 653 g/mol. The van der Waals surface area contributed by atoms with Gasteiger partial charge in [-0.15, -0.1) is 0 Å². The Labute approximate surface area is 256 Å². The Morgan fingerprint density at radius 2 is 1.57 bits per heavy atom. The first-order valence-electron chi connectivity index (χ1n) is 13.1. The van der Waals surface area contributed by atoms with E-state index in [1.807, 2.05) is 0 Å². The van der Waals surface area contributed by atoms with Crippen LogP contribution < -0.4 is 9.04 Å². The minimum atomic E-state index is -4.51. The number of alkyl halides is 3. The van der Waals surface area contributed by atoms with E-state index in [9.17, 15) is 35.2 Å². The minimum Gasteiger partial charge on any atom is -0.493 e. The lowest BCUT2D eigenvalue weighted by Gasteiger charge is -2.26. The standard InChI is InChI=1S/C31H26ClF5N2O4S/c1-38(30(40)21-7-9-23(10-8-21)31(35,36)37)17-4-18-43-29-6-3-2-5-22(29)20-39(28-19-25(33)13-16-27(28)34)44(41,42)26-14-11-24(32)12-15-26/h2-3,5-16,19H,4,17-18,20H2,1H3. The predicted octanol–water partition coefficient (Wildman–Crippen LogP) is 7.57. The Hall–Kier alpha value is -4.16. The van der Waals surface area contributed by atoms with Crippen LogP contribution >= 0.6 is 11.6 Å². The number of carbonyl (C=O) groups excluding carboxylic acids is 1. The van der Waals surface area contributed by atoms with Crippen LogP contribution in [0.25, 0.3) is 0 Å². The first-order valence-corrected chi connectivity index (χ1v) is 15.0. The lowest BCUT2D eigenvalue weighted by Crippen LogP contribution is -2.31. The molecule has 0 bridgehead atoms. The summed E-state index contributed by atoms with van der Waals surface area (Å²) in [5.41, 5.74) is -0.914. The molecule has 0 unspecified atom stereocenters. The van der Waals surface area contributed by atoms with E-state index < -0.39 is 51.5 Å². The van der Waals surface area contributed by atoms with Crippen molar-refractivity contribution in [3.05, 3.63) is 124 Å². The smallest absolute Gasteiger partial charge is 0.416 e. The first-order chi connectivity index (χ1) is 20.8. The zero-order valence-corrected chi connectivity index (χ0v) is 24.8. The van der Waals surface area contributed by atoms with Crippen LogP contribution in [-0.2, 0) is 22.7 Å². The summed E-state index contributed by atoms with van der Waals surface area (Å²) < 4.78 is 101. The molecule has 0 radical (unpaired) electrons. The van der Waals surface area contributed by atoms with E-state index in [0.717, 1.165) is 46.8 Å². The number of para-hydroxylation sites is 1. The monoisotopic (exact) mass is 652 g/mol. The maximum Gasteiger partial charge on any atom is 0.416 e. The Morgan fingerprint density at radius 1 is 0.909 bits per heavy atom. The number of hydrogen-bond acceptors (Lipinski definition) is 4. The van der Waals surface area contributed by atoms with Gasteiger partial charge in [-0.1, -0.05) is 29.8 Å². The van der Waals surface area contributed by atoms with E-state index >= 15 is 0 Å². The van der Waals surface area contributed by atoms with Gasteiger partial charge in [0.1, 0.15) is 17.4 Å². The lowest BCUT2D eigenvalue weighted by molar-refractivity contribution is -0.137. The number of sulfonamides is 1. The molecule has 0 spiro atoms. The van der Waals surface area contributed by atoms with E-state index in [1.165, 1.54) is 36.2 Å². The third-order valence-electron chi connectivity index (χ3n) is 6.57. The van der Waals surface area contributed by atoms with Crippen molar-refractivity contribution in [2.75, 3.05) is 24.5 Å². The molecular weight excluding hydrogens is 627 g/mol. The Bertz CT molecular complexity index is 1720. The molecule has 0 aliphatic carbocycles. The van der Waals surface area contributed by atoms with Gasteiger partial charge in [-0.25, -0.2) is 17.2 Å². The van der Waals surface area contributed by atoms with Gasteiger partial charge in [0.2, 0.25) is 0 Å². The maximum absolute atomic E-state index is 14.9. The molecule has 232 valence electrons. The molecule has 1 amide bonds. The van der Waals surface area contributed by atoms with E-state index in [1.54, 1.807) is 24.3 Å². The molecule has 4 aromatic carbocycles. The van der Waals surface area contributed by atoms with Crippen LogP contribution in [0.4, 0.5) is 27.6 Å². The molecule has 0 N–H and O–H groups in total. The molecule has 0 aromatic heterocycles. The van der Waals surface area contributed by atoms with Crippen LogP contribution in [0.3, 0.4) is 0 Å². The van der Waals surface area contributed by atoms with Gasteiger partial charge in [0, 0.05) is 35.8 Å². The van der Waals surface area contributed by atoms with Crippen molar-refractivity contribution < 1.29 is 39.9 Å². The summed E-state index contributed by atoms with van der Waals surface area (Å²) in [5.74, 6) is -1.99. The highest BCUT2D eigenvalue weighted by atomic mass is 35.5. The van der Waals surface area contributed by atoms with Gasteiger partial charge in [0.05, 0.1) is 29.3 Å². The van der Waals surface area contributed by atoms with Gasteiger partial charge in [-0.2, -0.15) is 13.2 Å². The summed E-state index contributed by atoms with van der Waals surface area (Å²) in [7, 11) is -2.90. The van der Waals surface area contributed by atoms with E-state index in [2.05, 4.69) is 0 Å².